The topological polar surface area (TPSA) is 76.9 Å². The number of nitrogen functional groups attached to an aromatic ring is 1. The summed E-state index contributed by atoms with van der Waals surface area (Å²) < 4.78 is 20.9. The summed E-state index contributed by atoms with van der Waals surface area (Å²) in [4.78, 5) is 4.23. The molecule has 104 valence electrons. The lowest BCUT2D eigenvalue weighted by Crippen LogP contribution is -2.03. The molecule has 21 heavy (non-hydrogen) atoms. The highest BCUT2D eigenvalue weighted by atomic mass is 19.1. The maximum Gasteiger partial charge on any atom is 0.206 e. The average Bonchev–Trinajstić information content (AvgIpc) is 2.83. The second kappa shape index (κ2) is 4.80. The van der Waals surface area contributed by atoms with E-state index in [1.807, 2.05) is 6.07 Å². The molecule has 2 aromatic carbocycles. The largest absolute Gasteiger partial charge is 0.494 e. The monoisotopic (exact) mass is 282 g/mol. The quantitative estimate of drug-likeness (QED) is 0.783. The fourth-order valence-electron chi connectivity index (χ4n) is 2.27. The fraction of sp³-hybridized carbons (Fsp3) is 0.0667. The molecule has 0 amide bonds. The molecule has 0 aliphatic rings. The van der Waals surface area contributed by atoms with Crippen molar-refractivity contribution >= 4 is 17.0 Å². The number of imidazole rings is 1. The number of nitriles is 1. The van der Waals surface area contributed by atoms with E-state index in [-0.39, 0.29) is 17.2 Å². The molecule has 2 N–H and O–H groups in total. The van der Waals surface area contributed by atoms with Gasteiger partial charge in [-0.1, -0.05) is 6.07 Å². The van der Waals surface area contributed by atoms with E-state index in [0.717, 1.165) is 0 Å². The van der Waals surface area contributed by atoms with Gasteiger partial charge in [-0.2, -0.15) is 5.26 Å². The minimum absolute atomic E-state index is 0.151. The van der Waals surface area contributed by atoms with E-state index in [0.29, 0.717) is 16.8 Å². The first-order valence-electron chi connectivity index (χ1n) is 6.16. The zero-order chi connectivity index (χ0) is 15.0. The van der Waals surface area contributed by atoms with Crippen LogP contribution < -0.4 is 10.5 Å². The Balaban J connectivity index is 2.31. The summed E-state index contributed by atoms with van der Waals surface area (Å²) in [5, 5.41) is 8.80. The van der Waals surface area contributed by atoms with Crippen molar-refractivity contribution in [3.05, 3.63) is 47.8 Å². The Labute approximate surface area is 120 Å². The number of ether oxygens (including phenoxy) is 1. The molecule has 0 aliphatic carbocycles. The molecule has 1 aromatic heterocycles. The third-order valence-corrected chi connectivity index (χ3v) is 3.21. The summed E-state index contributed by atoms with van der Waals surface area (Å²) in [6, 6.07) is 11.4. The molecule has 0 saturated carbocycles. The summed E-state index contributed by atoms with van der Waals surface area (Å²) in [7, 11) is 1.53. The molecule has 3 aromatic rings. The maximum absolute atomic E-state index is 14.2. The van der Waals surface area contributed by atoms with Gasteiger partial charge in [-0.3, -0.25) is 4.57 Å². The molecular weight excluding hydrogens is 271 g/mol. The van der Waals surface area contributed by atoms with E-state index in [9.17, 15) is 4.39 Å². The minimum atomic E-state index is -0.539. The van der Waals surface area contributed by atoms with Crippen molar-refractivity contribution in [3.63, 3.8) is 0 Å². The first-order valence-corrected chi connectivity index (χ1v) is 6.16. The van der Waals surface area contributed by atoms with Crippen LogP contribution >= 0.6 is 0 Å². The lowest BCUT2D eigenvalue weighted by atomic mass is 10.2. The van der Waals surface area contributed by atoms with Crippen molar-refractivity contribution in [2.24, 2.45) is 0 Å². The first-order chi connectivity index (χ1) is 10.2. The first kappa shape index (κ1) is 12.9. The average molecular weight is 282 g/mol. The number of halogens is 1. The van der Waals surface area contributed by atoms with Gasteiger partial charge in [-0.05, 0) is 30.3 Å². The molecule has 0 spiro atoms. The number of methoxy groups -OCH3 is 1. The van der Waals surface area contributed by atoms with Gasteiger partial charge in [0.25, 0.3) is 0 Å². The Morgan fingerprint density at radius 1 is 1.33 bits per heavy atom. The zero-order valence-electron chi connectivity index (χ0n) is 11.2. The number of hydrogen-bond acceptors (Lipinski definition) is 4. The Kier molecular flexibility index (Phi) is 2.95. The molecule has 6 heteroatoms. The molecule has 0 radical (unpaired) electrons. The number of benzene rings is 2. The lowest BCUT2D eigenvalue weighted by Gasteiger charge is -2.08. The maximum atomic E-state index is 14.2. The summed E-state index contributed by atoms with van der Waals surface area (Å²) >= 11 is 0. The summed E-state index contributed by atoms with van der Waals surface area (Å²) in [6.45, 7) is 0. The standard InChI is InChI=1S/C15H11FN4O/c1-21-13-4-2-3-12-14(13)19-15(18)20(12)11-6-5-9(8-17)7-10(11)16/h2-7H,1H3,(H2,18,19). The van der Waals surface area contributed by atoms with Crippen molar-refractivity contribution in [3.8, 4) is 17.5 Å². The molecule has 1 heterocycles. The molecule has 0 aliphatic heterocycles. The second-order valence-corrected chi connectivity index (χ2v) is 4.41. The Bertz CT molecular complexity index is 879. The number of fused-ring (bicyclic) bond motifs is 1. The van der Waals surface area contributed by atoms with Crippen LogP contribution in [0, 0.1) is 17.1 Å². The zero-order valence-corrected chi connectivity index (χ0v) is 11.2. The van der Waals surface area contributed by atoms with Crippen LogP contribution in [0.1, 0.15) is 5.56 Å². The third-order valence-electron chi connectivity index (χ3n) is 3.21. The molecule has 0 saturated heterocycles. The van der Waals surface area contributed by atoms with Crippen LogP contribution in [0.15, 0.2) is 36.4 Å². The van der Waals surface area contributed by atoms with Gasteiger partial charge in [0.05, 0.1) is 29.9 Å². The molecule has 3 rings (SSSR count). The van der Waals surface area contributed by atoms with E-state index < -0.39 is 5.82 Å². The van der Waals surface area contributed by atoms with Gasteiger partial charge in [0.2, 0.25) is 5.95 Å². The highest BCUT2D eigenvalue weighted by molar-refractivity contribution is 5.86. The van der Waals surface area contributed by atoms with Crippen LogP contribution in [-0.2, 0) is 0 Å². The molecule has 5 nitrogen and oxygen atoms in total. The normalized spacial score (nSPS) is 10.5. The molecular formula is C15H11FN4O. The van der Waals surface area contributed by atoms with Gasteiger partial charge >= 0.3 is 0 Å². The van der Waals surface area contributed by atoms with Crippen molar-refractivity contribution < 1.29 is 9.13 Å². The molecule has 0 unspecified atom stereocenters. The van der Waals surface area contributed by atoms with Crippen LogP contribution in [0.3, 0.4) is 0 Å². The van der Waals surface area contributed by atoms with Gasteiger partial charge < -0.3 is 10.5 Å². The van der Waals surface area contributed by atoms with Crippen molar-refractivity contribution in [1.29, 1.82) is 5.26 Å². The SMILES string of the molecule is COc1cccc2c1nc(N)n2-c1ccc(C#N)cc1F. The fourth-order valence-corrected chi connectivity index (χ4v) is 2.27. The van der Waals surface area contributed by atoms with Crippen molar-refractivity contribution in [1.82, 2.24) is 9.55 Å². The summed E-state index contributed by atoms with van der Waals surface area (Å²) in [5.74, 6) is 0.174. The van der Waals surface area contributed by atoms with Crippen molar-refractivity contribution in [2.75, 3.05) is 12.8 Å². The summed E-state index contributed by atoms with van der Waals surface area (Å²) in [6.07, 6.45) is 0. The van der Waals surface area contributed by atoms with Crippen LogP contribution in [0.25, 0.3) is 16.7 Å². The minimum Gasteiger partial charge on any atom is -0.494 e. The number of nitrogens with zero attached hydrogens (tertiary/aromatic N) is 3. The molecule has 0 fully saturated rings. The number of nitrogens with two attached hydrogens (primary N) is 1. The molecule has 0 atom stereocenters. The van der Waals surface area contributed by atoms with Crippen LogP contribution in [0.2, 0.25) is 0 Å². The highest BCUT2D eigenvalue weighted by Gasteiger charge is 2.16. The number of para-hydroxylation sites is 1. The number of aromatic nitrogens is 2. The van der Waals surface area contributed by atoms with Gasteiger partial charge in [0, 0.05) is 0 Å². The Hall–Kier alpha value is -3.07. The van der Waals surface area contributed by atoms with E-state index >= 15 is 0 Å². The number of anilines is 1. The van der Waals surface area contributed by atoms with E-state index in [4.69, 9.17) is 15.7 Å². The van der Waals surface area contributed by atoms with Gasteiger partial charge in [0.15, 0.2) is 0 Å². The predicted octanol–water partition coefficient (Wildman–Crippen LogP) is 2.63. The van der Waals surface area contributed by atoms with Crippen LogP contribution in [0.5, 0.6) is 5.75 Å². The smallest absolute Gasteiger partial charge is 0.206 e. The van der Waals surface area contributed by atoms with Crippen LogP contribution in [-0.4, -0.2) is 16.7 Å². The Morgan fingerprint density at radius 3 is 2.81 bits per heavy atom. The second-order valence-electron chi connectivity index (χ2n) is 4.41. The number of hydrogen-bond donors (Lipinski definition) is 1. The van der Waals surface area contributed by atoms with E-state index in [2.05, 4.69) is 4.98 Å². The highest BCUT2D eigenvalue weighted by Crippen LogP contribution is 2.30. The van der Waals surface area contributed by atoms with E-state index in [1.165, 1.54) is 29.9 Å². The predicted molar refractivity (Wildman–Crippen MR) is 76.7 cm³/mol. The van der Waals surface area contributed by atoms with Gasteiger partial charge in [-0.15, -0.1) is 0 Å². The third kappa shape index (κ3) is 1.96. The van der Waals surface area contributed by atoms with Gasteiger partial charge in [0.1, 0.15) is 17.1 Å². The summed E-state index contributed by atoms with van der Waals surface area (Å²) in [5.41, 5.74) is 7.59. The van der Waals surface area contributed by atoms with Crippen LogP contribution in [0.4, 0.5) is 10.3 Å². The van der Waals surface area contributed by atoms with Gasteiger partial charge in [-0.25, -0.2) is 9.37 Å². The Morgan fingerprint density at radius 2 is 2.14 bits per heavy atom. The lowest BCUT2D eigenvalue weighted by molar-refractivity contribution is 0.419. The van der Waals surface area contributed by atoms with E-state index in [1.54, 1.807) is 18.2 Å². The molecule has 0 bridgehead atoms. The van der Waals surface area contributed by atoms with Crippen molar-refractivity contribution in [2.45, 2.75) is 0 Å². The number of rotatable bonds is 2.